The molecule has 0 heterocycles. The van der Waals surface area contributed by atoms with E-state index in [4.69, 9.17) is 5.11 Å². The predicted octanol–water partition coefficient (Wildman–Crippen LogP) is 3.48. The van der Waals surface area contributed by atoms with Gasteiger partial charge in [0.2, 0.25) is 0 Å². The molecule has 0 aliphatic heterocycles. The summed E-state index contributed by atoms with van der Waals surface area (Å²) >= 11 is -2.34. The summed E-state index contributed by atoms with van der Waals surface area (Å²) in [5.74, 6) is -6.63. The van der Waals surface area contributed by atoms with Gasteiger partial charge in [-0.15, -0.1) is 0 Å². The molecule has 0 saturated heterocycles. The average Bonchev–Trinajstić information content (AvgIpc) is 2.13. The standard InChI is InChI=1S/C6H5F9OS/c1-2(16)3(7,6(13,14)17-15)4(8,9)5(10,11)12/h2,16H,1H3. The molecule has 0 aromatic heterocycles. The van der Waals surface area contributed by atoms with Gasteiger partial charge in [0, 0.05) is 0 Å². The summed E-state index contributed by atoms with van der Waals surface area (Å²) in [5.41, 5.74) is -5.82. The average molecular weight is 296 g/mol. The van der Waals surface area contributed by atoms with Crippen molar-refractivity contribution in [3.63, 3.8) is 0 Å². The van der Waals surface area contributed by atoms with Gasteiger partial charge in [0.05, 0.1) is 6.10 Å². The third kappa shape index (κ3) is 2.30. The van der Waals surface area contributed by atoms with Gasteiger partial charge in [0.25, 0.3) is 5.67 Å². The molecule has 1 N–H and O–H groups in total. The zero-order valence-corrected chi connectivity index (χ0v) is 8.65. The summed E-state index contributed by atoms with van der Waals surface area (Å²) in [6.45, 7) is -0.0657. The van der Waals surface area contributed by atoms with E-state index in [1.54, 1.807) is 0 Å². The molecule has 17 heavy (non-hydrogen) atoms. The molecule has 0 aromatic carbocycles. The molecule has 2 unspecified atom stereocenters. The maximum atomic E-state index is 13.2. The normalized spacial score (nSPS) is 19.9. The van der Waals surface area contributed by atoms with Gasteiger partial charge in [-0.25, -0.2) is 4.39 Å². The van der Waals surface area contributed by atoms with Crippen molar-refractivity contribution in [2.75, 3.05) is 0 Å². The molecule has 0 radical (unpaired) electrons. The van der Waals surface area contributed by atoms with Crippen molar-refractivity contribution >= 4 is 12.1 Å². The van der Waals surface area contributed by atoms with Crippen LogP contribution in [0.15, 0.2) is 0 Å². The van der Waals surface area contributed by atoms with Crippen molar-refractivity contribution < 1.29 is 44.1 Å². The van der Waals surface area contributed by atoms with Crippen molar-refractivity contribution in [3.8, 4) is 0 Å². The van der Waals surface area contributed by atoms with Crippen LogP contribution in [0.3, 0.4) is 0 Å². The van der Waals surface area contributed by atoms with Gasteiger partial charge in [0.15, 0.2) is 0 Å². The fourth-order valence-electron chi connectivity index (χ4n) is 0.951. The first-order valence-corrected chi connectivity index (χ1v) is 4.46. The first-order valence-electron chi connectivity index (χ1n) is 3.74. The molecule has 11 heteroatoms. The fourth-order valence-corrected chi connectivity index (χ4v) is 1.36. The summed E-state index contributed by atoms with van der Waals surface area (Å²) < 4.78 is 111. The van der Waals surface area contributed by atoms with Gasteiger partial charge in [-0.3, -0.25) is 0 Å². The third-order valence-corrected chi connectivity index (χ3v) is 2.40. The minimum atomic E-state index is -6.71. The smallest absolute Gasteiger partial charge is 0.390 e. The van der Waals surface area contributed by atoms with Crippen LogP contribution in [0.4, 0.5) is 39.0 Å². The van der Waals surface area contributed by atoms with E-state index in [1.165, 1.54) is 0 Å². The van der Waals surface area contributed by atoms with Crippen molar-refractivity contribution in [1.29, 1.82) is 0 Å². The first kappa shape index (κ1) is 16.7. The molecule has 2 atom stereocenters. The molecule has 1 nitrogen and oxygen atoms in total. The van der Waals surface area contributed by atoms with Crippen molar-refractivity contribution in [1.82, 2.24) is 0 Å². The zero-order valence-electron chi connectivity index (χ0n) is 7.83. The highest BCUT2D eigenvalue weighted by molar-refractivity contribution is 7.95. The molecule has 104 valence electrons. The maximum Gasteiger partial charge on any atom is 0.457 e. The zero-order chi connectivity index (χ0) is 14.3. The van der Waals surface area contributed by atoms with Gasteiger partial charge in [-0.1, -0.05) is 0 Å². The van der Waals surface area contributed by atoms with E-state index in [2.05, 4.69) is 0 Å². The summed E-state index contributed by atoms with van der Waals surface area (Å²) in [7, 11) is 0. The summed E-state index contributed by atoms with van der Waals surface area (Å²) in [6, 6.07) is 0. The summed E-state index contributed by atoms with van der Waals surface area (Å²) in [4.78, 5) is 0. The largest absolute Gasteiger partial charge is 0.457 e. The molecular formula is C6H5F9OS. The quantitative estimate of drug-likeness (QED) is 0.801. The van der Waals surface area contributed by atoms with Gasteiger partial charge in [0.1, 0.15) is 12.1 Å². The fraction of sp³-hybridized carbons (Fsp3) is 1.00. The Morgan fingerprint density at radius 1 is 0.941 bits per heavy atom. The topological polar surface area (TPSA) is 20.2 Å². The molecule has 0 saturated carbocycles. The Morgan fingerprint density at radius 3 is 1.47 bits per heavy atom. The van der Waals surface area contributed by atoms with E-state index in [-0.39, 0.29) is 6.92 Å². The Hall–Kier alpha value is -0.320. The number of hydrogen-bond donors (Lipinski definition) is 1. The second-order valence-electron chi connectivity index (χ2n) is 3.05. The molecule has 0 aliphatic rings. The van der Waals surface area contributed by atoms with E-state index in [9.17, 15) is 39.0 Å². The lowest BCUT2D eigenvalue weighted by Gasteiger charge is -2.39. The van der Waals surface area contributed by atoms with Gasteiger partial charge in [-0.2, -0.15) is 34.6 Å². The van der Waals surface area contributed by atoms with Crippen LogP contribution in [0.5, 0.6) is 0 Å². The SMILES string of the molecule is CC(O)C(F)(C(F)(F)SF)C(F)(F)C(F)(F)F. The molecule has 0 rings (SSSR count). The lowest BCUT2D eigenvalue weighted by molar-refractivity contribution is -0.363. The highest BCUT2D eigenvalue weighted by Gasteiger charge is 2.82. The Bertz CT molecular complexity index is 275. The third-order valence-electron chi connectivity index (χ3n) is 1.91. The predicted molar refractivity (Wildman–Crippen MR) is 40.2 cm³/mol. The van der Waals surface area contributed by atoms with Crippen LogP contribution in [0, 0.1) is 0 Å². The molecule has 0 bridgehead atoms. The highest BCUT2D eigenvalue weighted by Crippen LogP contribution is 2.57. The molecule has 0 fully saturated rings. The van der Waals surface area contributed by atoms with Crippen molar-refractivity contribution in [2.24, 2.45) is 0 Å². The summed E-state index contributed by atoms with van der Waals surface area (Å²) in [5, 5.41) is 2.64. The first-order chi connectivity index (χ1) is 7.25. The van der Waals surface area contributed by atoms with E-state index in [1.807, 2.05) is 0 Å². The molecule has 0 aliphatic carbocycles. The number of rotatable bonds is 4. The molecule has 0 amide bonds. The van der Waals surface area contributed by atoms with Gasteiger partial charge >= 0.3 is 17.4 Å². The molecule has 0 spiro atoms. The monoisotopic (exact) mass is 296 g/mol. The number of alkyl halides is 8. The lowest BCUT2D eigenvalue weighted by atomic mass is 9.91. The lowest BCUT2D eigenvalue weighted by Crippen LogP contribution is -2.67. The van der Waals surface area contributed by atoms with Crippen LogP contribution in [-0.2, 0) is 0 Å². The van der Waals surface area contributed by atoms with E-state index < -0.39 is 41.3 Å². The molecule has 0 aromatic rings. The molecular weight excluding hydrogens is 291 g/mol. The Balaban J connectivity index is 5.85. The number of aliphatic hydroxyl groups excluding tert-OH is 1. The Labute approximate surface area is 93.3 Å². The number of aliphatic hydroxyl groups is 1. The van der Waals surface area contributed by atoms with Crippen molar-refractivity contribution in [3.05, 3.63) is 0 Å². The second kappa shape index (κ2) is 4.41. The van der Waals surface area contributed by atoms with Crippen LogP contribution in [0.2, 0.25) is 0 Å². The van der Waals surface area contributed by atoms with Crippen LogP contribution < -0.4 is 0 Å². The summed E-state index contributed by atoms with van der Waals surface area (Å²) in [6.07, 6.45) is -10.2. The Kier molecular flexibility index (Phi) is 4.33. The number of hydrogen-bond acceptors (Lipinski definition) is 2. The Morgan fingerprint density at radius 2 is 1.29 bits per heavy atom. The minimum absolute atomic E-state index is 0.0657. The van der Waals surface area contributed by atoms with E-state index >= 15 is 0 Å². The maximum absolute atomic E-state index is 13.2. The second-order valence-corrected chi connectivity index (χ2v) is 3.72. The minimum Gasteiger partial charge on any atom is -0.390 e. The number of halogens is 9. The van der Waals surface area contributed by atoms with E-state index in [0.29, 0.717) is 0 Å². The van der Waals surface area contributed by atoms with Gasteiger partial charge < -0.3 is 5.11 Å². The van der Waals surface area contributed by atoms with E-state index in [0.717, 1.165) is 0 Å². The van der Waals surface area contributed by atoms with Crippen LogP contribution in [0.1, 0.15) is 6.92 Å². The van der Waals surface area contributed by atoms with Crippen LogP contribution in [-0.4, -0.2) is 34.2 Å². The van der Waals surface area contributed by atoms with Crippen LogP contribution >= 0.6 is 12.1 Å². The van der Waals surface area contributed by atoms with Gasteiger partial charge in [-0.05, 0) is 6.92 Å². The van der Waals surface area contributed by atoms with Crippen molar-refractivity contribution in [2.45, 2.75) is 36.0 Å². The highest BCUT2D eigenvalue weighted by atomic mass is 32.2. The van der Waals surface area contributed by atoms with Crippen LogP contribution in [0.25, 0.3) is 0 Å².